The minimum absolute atomic E-state index is 0.00967. The van der Waals surface area contributed by atoms with Gasteiger partial charge in [0.2, 0.25) is 0 Å². The lowest BCUT2D eigenvalue weighted by Gasteiger charge is -2.35. The van der Waals surface area contributed by atoms with Gasteiger partial charge >= 0.3 is 17.9 Å². The Hall–Kier alpha value is -0.860. The van der Waals surface area contributed by atoms with Crippen LogP contribution in [0.25, 0.3) is 0 Å². The number of fused-ring (bicyclic) bond motifs is 1. The topological polar surface area (TPSA) is 78.9 Å². The van der Waals surface area contributed by atoms with Crippen molar-refractivity contribution in [3.8, 4) is 0 Å². The summed E-state index contributed by atoms with van der Waals surface area (Å²) in [5.41, 5.74) is -1.61. The molecule has 27 heavy (non-hydrogen) atoms. The van der Waals surface area contributed by atoms with Crippen LogP contribution >= 0.6 is 22.6 Å². The molecule has 1 saturated heterocycles. The smallest absolute Gasteiger partial charge is 0.324 e. The first kappa shape index (κ1) is 19.5. The van der Waals surface area contributed by atoms with E-state index in [0.717, 1.165) is 32.1 Å². The summed E-state index contributed by atoms with van der Waals surface area (Å²) in [7, 11) is 0. The van der Waals surface area contributed by atoms with Crippen LogP contribution in [0.3, 0.4) is 0 Å². The minimum atomic E-state index is -1.18. The molecule has 0 aromatic heterocycles. The van der Waals surface area contributed by atoms with Gasteiger partial charge in [-0.05, 0) is 51.4 Å². The molecule has 0 aromatic carbocycles. The lowest BCUT2D eigenvalue weighted by atomic mass is 9.73. The van der Waals surface area contributed by atoms with E-state index in [-0.39, 0.29) is 21.7 Å². The molecule has 4 fully saturated rings. The highest BCUT2D eigenvalue weighted by Crippen LogP contribution is 2.63. The normalized spacial score (nSPS) is 39.3. The Morgan fingerprint density at radius 1 is 1.30 bits per heavy atom. The number of rotatable bonds is 6. The van der Waals surface area contributed by atoms with Crippen LogP contribution in [0, 0.1) is 17.3 Å². The van der Waals surface area contributed by atoms with Gasteiger partial charge in [0.25, 0.3) is 0 Å². The SMILES string of the molecule is CCC(I)C(=O)OC1C2CC3C1OC(=O)C3(C(=O)OC1(CC)CCCC1)C2. The first-order valence-corrected chi connectivity index (χ1v) is 11.4. The van der Waals surface area contributed by atoms with E-state index in [0.29, 0.717) is 19.3 Å². The second-order valence-electron chi connectivity index (χ2n) is 8.56. The molecule has 3 aliphatic carbocycles. The van der Waals surface area contributed by atoms with Gasteiger partial charge in [-0.2, -0.15) is 0 Å². The summed E-state index contributed by atoms with van der Waals surface area (Å²) in [6, 6.07) is 0. The number of alkyl halides is 1. The van der Waals surface area contributed by atoms with Crippen molar-refractivity contribution in [2.24, 2.45) is 17.3 Å². The molecular formula is C20H27IO6. The van der Waals surface area contributed by atoms with Crippen molar-refractivity contribution in [1.82, 2.24) is 0 Å². The van der Waals surface area contributed by atoms with Crippen LogP contribution in [0.15, 0.2) is 0 Å². The van der Waals surface area contributed by atoms with Crippen molar-refractivity contribution >= 4 is 40.5 Å². The molecule has 0 amide bonds. The van der Waals surface area contributed by atoms with Crippen LogP contribution in [0.1, 0.15) is 65.2 Å². The molecule has 6 atom stereocenters. The number of carbonyl (C=O) groups is 3. The van der Waals surface area contributed by atoms with E-state index in [4.69, 9.17) is 14.2 Å². The zero-order valence-corrected chi connectivity index (χ0v) is 18.0. The highest BCUT2D eigenvalue weighted by atomic mass is 127. The number of esters is 3. The number of hydrogen-bond donors (Lipinski definition) is 0. The third-order valence-corrected chi connectivity index (χ3v) is 8.65. The van der Waals surface area contributed by atoms with Gasteiger partial charge in [-0.15, -0.1) is 0 Å². The zero-order valence-electron chi connectivity index (χ0n) is 15.9. The molecule has 0 N–H and O–H groups in total. The van der Waals surface area contributed by atoms with Gasteiger partial charge in [0.15, 0.2) is 5.41 Å². The molecule has 150 valence electrons. The van der Waals surface area contributed by atoms with E-state index in [1.807, 2.05) is 13.8 Å². The zero-order chi connectivity index (χ0) is 19.4. The van der Waals surface area contributed by atoms with Crippen molar-refractivity contribution in [3.05, 3.63) is 0 Å². The number of carbonyl (C=O) groups excluding carboxylic acids is 3. The maximum atomic E-state index is 13.2. The van der Waals surface area contributed by atoms with Crippen molar-refractivity contribution in [1.29, 1.82) is 0 Å². The molecule has 3 saturated carbocycles. The summed E-state index contributed by atoms with van der Waals surface area (Å²) in [6.07, 6.45) is 5.44. The van der Waals surface area contributed by atoms with Crippen molar-refractivity contribution in [2.45, 2.75) is 86.9 Å². The summed E-state index contributed by atoms with van der Waals surface area (Å²) >= 11 is 2.07. The number of ether oxygens (including phenoxy) is 3. The highest BCUT2D eigenvalue weighted by Gasteiger charge is 2.75. The Bertz CT molecular complexity index is 657. The average molecular weight is 490 g/mol. The summed E-state index contributed by atoms with van der Waals surface area (Å²) in [4.78, 5) is 38.2. The van der Waals surface area contributed by atoms with Crippen LogP contribution < -0.4 is 0 Å². The van der Waals surface area contributed by atoms with Crippen LogP contribution in [0.4, 0.5) is 0 Å². The lowest BCUT2D eigenvalue weighted by Crippen LogP contribution is -2.48. The largest absolute Gasteiger partial charge is 0.458 e. The first-order valence-electron chi connectivity index (χ1n) is 10.2. The molecule has 0 aromatic rings. The van der Waals surface area contributed by atoms with E-state index in [1.54, 1.807) is 0 Å². The number of hydrogen-bond acceptors (Lipinski definition) is 6. The maximum Gasteiger partial charge on any atom is 0.324 e. The van der Waals surface area contributed by atoms with Gasteiger partial charge in [0.05, 0.1) is 0 Å². The van der Waals surface area contributed by atoms with E-state index in [1.165, 1.54) is 0 Å². The van der Waals surface area contributed by atoms with E-state index < -0.39 is 35.2 Å². The van der Waals surface area contributed by atoms with Gasteiger partial charge in [0.1, 0.15) is 21.7 Å². The highest BCUT2D eigenvalue weighted by molar-refractivity contribution is 14.1. The molecule has 6 nitrogen and oxygen atoms in total. The van der Waals surface area contributed by atoms with Gasteiger partial charge in [-0.25, -0.2) is 0 Å². The second kappa shape index (κ2) is 6.88. The monoisotopic (exact) mass is 490 g/mol. The molecule has 1 heterocycles. The molecule has 4 aliphatic rings. The molecule has 4 rings (SSSR count). The lowest BCUT2D eigenvalue weighted by molar-refractivity contribution is -0.178. The van der Waals surface area contributed by atoms with Gasteiger partial charge in [-0.1, -0.05) is 36.4 Å². The Labute approximate surface area is 173 Å². The van der Waals surface area contributed by atoms with Gasteiger partial charge < -0.3 is 14.2 Å². The molecule has 0 spiro atoms. The van der Waals surface area contributed by atoms with Crippen molar-refractivity contribution < 1.29 is 28.6 Å². The van der Waals surface area contributed by atoms with E-state index >= 15 is 0 Å². The van der Waals surface area contributed by atoms with Crippen LogP contribution in [0.2, 0.25) is 0 Å². The van der Waals surface area contributed by atoms with E-state index in [2.05, 4.69) is 22.6 Å². The predicted octanol–water partition coefficient (Wildman–Crippen LogP) is 3.33. The molecule has 0 radical (unpaired) electrons. The summed E-state index contributed by atoms with van der Waals surface area (Å²) in [5.74, 6) is -1.39. The fourth-order valence-electron chi connectivity index (χ4n) is 5.64. The van der Waals surface area contributed by atoms with Gasteiger partial charge in [-0.3, -0.25) is 14.4 Å². The fourth-order valence-corrected chi connectivity index (χ4v) is 5.79. The molecule has 6 unspecified atom stereocenters. The van der Waals surface area contributed by atoms with Crippen molar-refractivity contribution in [2.75, 3.05) is 0 Å². The molecule has 1 aliphatic heterocycles. The molecule has 7 heteroatoms. The van der Waals surface area contributed by atoms with E-state index in [9.17, 15) is 14.4 Å². The molecular weight excluding hydrogens is 463 g/mol. The average Bonchev–Trinajstić information content (AvgIpc) is 3.38. The quantitative estimate of drug-likeness (QED) is 0.187. The van der Waals surface area contributed by atoms with Crippen molar-refractivity contribution in [3.63, 3.8) is 0 Å². The fraction of sp³-hybridized carbons (Fsp3) is 0.850. The third kappa shape index (κ3) is 2.82. The maximum absolute atomic E-state index is 13.2. The summed E-state index contributed by atoms with van der Waals surface area (Å²) in [5, 5.41) is 0. The van der Waals surface area contributed by atoms with Crippen LogP contribution in [-0.2, 0) is 28.6 Å². The van der Waals surface area contributed by atoms with Crippen LogP contribution in [-0.4, -0.2) is 39.6 Å². The predicted molar refractivity (Wildman–Crippen MR) is 104 cm³/mol. The first-order chi connectivity index (χ1) is 12.9. The Balaban J connectivity index is 1.51. The minimum Gasteiger partial charge on any atom is -0.458 e. The number of halogens is 1. The molecule has 2 bridgehead atoms. The third-order valence-electron chi connectivity index (χ3n) is 7.27. The second-order valence-corrected chi connectivity index (χ2v) is 10.1. The Morgan fingerprint density at radius 3 is 2.63 bits per heavy atom. The summed E-state index contributed by atoms with van der Waals surface area (Å²) in [6.45, 7) is 3.97. The Kier molecular flexibility index (Phi) is 4.96. The Morgan fingerprint density at radius 2 is 2.00 bits per heavy atom. The summed E-state index contributed by atoms with van der Waals surface area (Å²) < 4.78 is 17.1. The standard InChI is InChI=1S/C20H27IO6/c1-3-13(21)16(22)25-14-11-9-12-15(14)26-17(23)20(12,10-11)18(24)27-19(4-2)7-5-6-8-19/h11-15H,3-10H2,1-2H3. The van der Waals surface area contributed by atoms with Gasteiger partial charge in [0, 0.05) is 11.8 Å². The van der Waals surface area contributed by atoms with Crippen LogP contribution in [0.5, 0.6) is 0 Å².